The zero-order valence-corrected chi connectivity index (χ0v) is 13.6. The Morgan fingerprint density at radius 3 is 2.52 bits per heavy atom. The zero-order chi connectivity index (χ0) is 17.0. The summed E-state index contributed by atoms with van der Waals surface area (Å²) in [6.07, 6.45) is 3.57. The van der Waals surface area contributed by atoms with Gasteiger partial charge in [0.2, 0.25) is 0 Å². The molecular formula is C17H24F2N2O2. The van der Waals surface area contributed by atoms with Gasteiger partial charge in [-0.2, -0.15) is 0 Å². The Morgan fingerprint density at radius 1 is 1.30 bits per heavy atom. The van der Waals surface area contributed by atoms with Crippen molar-refractivity contribution in [2.75, 3.05) is 13.7 Å². The Kier molecular flexibility index (Phi) is 5.93. The Balaban J connectivity index is 1.91. The number of benzene rings is 1. The van der Waals surface area contributed by atoms with E-state index in [-0.39, 0.29) is 18.7 Å². The third-order valence-corrected chi connectivity index (χ3v) is 4.73. The molecule has 1 saturated carbocycles. The third-order valence-electron chi connectivity index (χ3n) is 4.73. The van der Waals surface area contributed by atoms with E-state index >= 15 is 0 Å². The highest BCUT2D eigenvalue weighted by Gasteiger charge is 2.26. The molecule has 1 aromatic carbocycles. The monoisotopic (exact) mass is 326 g/mol. The van der Waals surface area contributed by atoms with Crippen LogP contribution in [0, 0.1) is 17.6 Å². The summed E-state index contributed by atoms with van der Waals surface area (Å²) in [5, 5.41) is 12.0. The molecule has 4 nitrogen and oxygen atoms in total. The van der Waals surface area contributed by atoms with Crippen molar-refractivity contribution in [3.8, 4) is 0 Å². The first-order valence-electron chi connectivity index (χ1n) is 8.01. The van der Waals surface area contributed by atoms with Crippen LogP contribution in [0.1, 0.15) is 44.2 Å². The number of carbonyl (C=O) groups excluding carboxylic acids is 1. The minimum absolute atomic E-state index is 0.148. The molecule has 0 aliphatic heterocycles. The highest BCUT2D eigenvalue weighted by molar-refractivity contribution is 5.74. The van der Waals surface area contributed by atoms with Gasteiger partial charge in [0.15, 0.2) is 11.6 Å². The second-order valence-electron chi connectivity index (χ2n) is 6.31. The van der Waals surface area contributed by atoms with Crippen molar-refractivity contribution in [3.05, 3.63) is 35.4 Å². The van der Waals surface area contributed by atoms with Gasteiger partial charge in [0.05, 0.1) is 6.04 Å². The van der Waals surface area contributed by atoms with Crippen molar-refractivity contribution in [1.29, 1.82) is 0 Å². The van der Waals surface area contributed by atoms with Crippen molar-refractivity contribution < 1.29 is 18.7 Å². The minimum Gasteiger partial charge on any atom is -0.396 e. The quantitative estimate of drug-likeness (QED) is 0.892. The van der Waals surface area contributed by atoms with Gasteiger partial charge < -0.3 is 15.3 Å². The number of nitrogens with one attached hydrogen (secondary N) is 1. The first-order valence-corrected chi connectivity index (χ1v) is 8.01. The lowest BCUT2D eigenvalue weighted by molar-refractivity contribution is 0.133. The van der Waals surface area contributed by atoms with Crippen LogP contribution in [0.15, 0.2) is 18.2 Å². The van der Waals surface area contributed by atoms with E-state index in [9.17, 15) is 13.6 Å². The highest BCUT2D eigenvalue weighted by Crippen LogP contribution is 2.27. The van der Waals surface area contributed by atoms with Gasteiger partial charge >= 0.3 is 6.03 Å². The molecule has 0 heterocycles. The van der Waals surface area contributed by atoms with Crippen molar-refractivity contribution in [1.82, 2.24) is 10.2 Å². The van der Waals surface area contributed by atoms with Crippen LogP contribution >= 0.6 is 0 Å². The van der Waals surface area contributed by atoms with Gasteiger partial charge in [-0.3, -0.25) is 0 Å². The number of nitrogens with zero attached hydrogens (tertiary/aromatic N) is 1. The van der Waals surface area contributed by atoms with Gasteiger partial charge in [0.1, 0.15) is 0 Å². The fraction of sp³-hybridized carbons (Fsp3) is 0.588. The Hall–Kier alpha value is -1.69. The van der Waals surface area contributed by atoms with E-state index in [1.807, 2.05) is 0 Å². The van der Waals surface area contributed by atoms with Crippen LogP contribution in [-0.2, 0) is 0 Å². The molecule has 1 aliphatic rings. The number of hydrogen-bond acceptors (Lipinski definition) is 2. The number of aliphatic hydroxyl groups excluding tert-OH is 1. The molecule has 0 saturated heterocycles. The molecule has 6 heteroatoms. The number of urea groups is 1. The SMILES string of the molecule is CC(NC(=O)N(C)C1CCC(CO)CC1)c1ccc(F)c(F)c1. The van der Waals surface area contributed by atoms with Gasteiger partial charge in [0.25, 0.3) is 0 Å². The number of carbonyl (C=O) groups is 1. The average Bonchev–Trinajstić information content (AvgIpc) is 2.56. The van der Waals surface area contributed by atoms with Crippen LogP contribution in [0.3, 0.4) is 0 Å². The predicted molar refractivity (Wildman–Crippen MR) is 83.9 cm³/mol. The summed E-state index contributed by atoms with van der Waals surface area (Å²) in [5.74, 6) is -1.48. The summed E-state index contributed by atoms with van der Waals surface area (Å²) in [5.41, 5.74) is 0.523. The van der Waals surface area contributed by atoms with Crippen LogP contribution in [0.2, 0.25) is 0 Å². The number of aliphatic hydroxyl groups is 1. The molecule has 1 fully saturated rings. The van der Waals surface area contributed by atoms with E-state index in [4.69, 9.17) is 5.11 Å². The molecule has 128 valence electrons. The largest absolute Gasteiger partial charge is 0.396 e. The molecule has 1 atom stereocenters. The smallest absolute Gasteiger partial charge is 0.317 e. The molecule has 1 aromatic rings. The summed E-state index contributed by atoms with van der Waals surface area (Å²) in [6.45, 7) is 1.94. The Bertz CT molecular complexity index is 545. The molecule has 2 rings (SSSR count). The van der Waals surface area contributed by atoms with E-state index in [0.717, 1.165) is 37.8 Å². The number of rotatable bonds is 4. The summed E-state index contributed by atoms with van der Waals surface area (Å²) in [6, 6.07) is 3.15. The van der Waals surface area contributed by atoms with Crippen LogP contribution < -0.4 is 5.32 Å². The maximum absolute atomic E-state index is 13.3. The first-order chi connectivity index (χ1) is 10.9. The maximum Gasteiger partial charge on any atom is 0.317 e. The lowest BCUT2D eigenvalue weighted by Gasteiger charge is -2.34. The minimum atomic E-state index is -0.917. The number of amides is 2. The molecule has 1 aliphatic carbocycles. The lowest BCUT2D eigenvalue weighted by atomic mass is 9.86. The van der Waals surface area contributed by atoms with Gasteiger partial charge in [-0.05, 0) is 56.2 Å². The molecule has 0 bridgehead atoms. The molecule has 2 N–H and O–H groups in total. The molecule has 0 radical (unpaired) electrons. The highest BCUT2D eigenvalue weighted by atomic mass is 19.2. The molecule has 23 heavy (non-hydrogen) atoms. The first kappa shape index (κ1) is 17.7. The van der Waals surface area contributed by atoms with Crippen LogP contribution in [0.25, 0.3) is 0 Å². The summed E-state index contributed by atoms with van der Waals surface area (Å²) >= 11 is 0. The van der Waals surface area contributed by atoms with Gasteiger partial charge in [-0.15, -0.1) is 0 Å². The van der Waals surface area contributed by atoms with Gasteiger partial charge in [-0.25, -0.2) is 13.6 Å². The second kappa shape index (κ2) is 7.73. The standard InChI is InChI=1S/C17H24F2N2O2/c1-11(13-5-8-15(18)16(19)9-13)20-17(23)21(2)14-6-3-12(10-22)4-7-14/h5,8-9,11-12,14,22H,3-4,6-7,10H2,1-2H3,(H,20,23). The van der Waals surface area contributed by atoms with E-state index in [2.05, 4.69) is 5.32 Å². The molecular weight excluding hydrogens is 302 g/mol. The molecule has 1 unspecified atom stereocenters. The normalized spacial score (nSPS) is 22.5. The van der Waals surface area contributed by atoms with Crippen molar-refractivity contribution in [3.63, 3.8) is 0 Å². The Labute approximate surface area is 135 Å². The van der Waals surface area contributed by atoms with E-state index in [1.165, 1.54) is 6.07 Å². The van der Waals surface area contributed by atoms with E-state index in [1.54, 1.807) is 18.9 Å². The van der Waals surface area contributed by atoms with E-state index < -0.39 is 17.7 Å². The third kappa shape index (κ3) is 4.41. The number of halogens is 2. The summed E-state index contributed by atoms with van der Waals surface area (Å²) < 4.78 is 26.2. The lowest BCUT2D eigenvalue weighted by Crippen LogP contribution is -2.45. The molecule has 2 amide bonds. The fourth-order valence-electron chi connectivity index (χ4n) is 3.03. The summed E-state index contributed by atoms with van der Waals surface area (Å²) in [7, 11) is 1.75. The maximum atomic E-state index is 13.3. The van der Waals surface area contributed by atoms with Crippen molar-refractivity contribution in [2.45, 2.75) is 44.7 Å². The van der Waals surface area contributed by atoms with Gasteiger partial charge in [0, 0.05) is 19.7 Å². The Morgan fingerprint density at radius 2 is 1.96 bits per heavy atom. The zero-order valence-electron chi connectivity index (χ0n) is 13.6. The van der Waals surface area contributed by atoms with Crippen molar-refractivity contribution >= 4 is 6.03 Å². The van der Waals surface area contributed by atoms with Crippen LogP contribution in [0.5, 0.6) is 0 Å². The molecule has 0 spiro atoms. The van der Waals surface area contributed by atoms with Crippen LogP contribution in [-0.4, -0.2) is 35.7 Å². The summed E-state index contributed by atoms with van der Waals surface area (Å²) in [4.78, 5) is 14.0. The fourth-order valence-corrected chi connectivity index (χ4v) is 3.03. The van der Waals surface area contributed by atoms with E-state index in [0.29, 0.717) is 11.5 Å². The average molecular weight is 326 g/mol. The topological polar surface area (TPSA) is 52.6 Å². The van der Waals surface area contributed by atoms with Crippen LogP contribution in [0.4, 0.5) is 13.6 Å². The van der Waals surface area contributed by atoms with Crippen molar-refractivity contribution in [2.24, 2.45) is 5.92 Å². The predicted octanol–water partition coefficient (Wildman–Crippen LogP) is 3.22. The van der Waals surface area contributed by atoms with Gasteiger partial charge in [-0.1, -0.05) is 6.07 Å². The number of hydrogen-bond donors (Lipinski definition) is 2. The molecule has 0 aromatic heterocycles. The second-order valence-corrected chi connectivity index (χ2v) is 6.31.